The number of alkyl halides is 21. The molecule has 5 atom stereocenters. The van der Waals surface area contributed by atoms with Crippen molar-refractivity contribution in [3.8, 4) is 0 Å². The molecule has 0 saturated carbocycles. The van der Waals surface area contributed by atoms with E-state index in [1.807, 2.05) is 0 Å². The molecule has 0 aromatic rings. The molecule has 31 heteroatoms. The van der Waals surface area contributed by atoms with Crippen molar-refractivity contribution < 1.29 is 131 Å². The van der Waals surface area contributed by atoms with E-state index in [2.05, 4.69) is 28.4 Å². The molecule has 0 aromatic heterocycles. The van der Waals surface area contributed by atoms with Crippen LogP contribution in [-0.2, 0) is 42.8 Å². The third-order valence-electron chi connectivity index (χ3n) is 6.63. The summed E-state index contributed by atoms with van der Waals surface area (Å²) in [6, 6.07) is 0. The summed E-state index contributed by atoms with van der Waals surface area (Å²) in [6.45, 7) is -9.18. The molecule has 58 heavy (non-hydrogen) atoms. The summed E-state index contributed by atoms with van der Waals surface area (Å²) in [5, 5.41) is 10.5. The van der Waals surface area contributed by atoms with Crippen LogP contribution in [0.4, 0.5) is 83.4 Å². The van der Waals surface area contributed by atoms with E-state index in [0.717, 1.165) is 6.92 Å². The van der Waals surface area contributed by atoms with E-state index in [9.17, 15) is 103 Å². The first-order chi connectivity index (χ1) is 25.6. The second kappa shape index (κ2) is 20.5. The predicted molar refractivity (Wildman–Crippen MR) is 167 cm³/mol. The Balaban J connectivity index is 5.88. The van der Waals surface area contributed by atoms with Gasteiger partial charge in [0, 0.05) is 0 Å². The standard InChI is InChI=1S/C27H29F19I2O10/c1-11(5-53-10-21(32,33)24(38,39)27(46,47)48)56-15(49)4-14(17(51)57-12(2)6-54-8-19(28,29)22(34,35)25(40,41)42)16(50)18(52)58-13(3)7-55-9-20(30,31)23(36,37)26(43,44)45/h11-14,16,50H,4-10H2,1-3H3. The van der Waals surface area contributed by atoms with E-state index in [1.54, 1.807) is 0 Å². The second-order valence-electron chi connectivity index (χ2n) is 11.9. The van der Waals surface area contributed by atoms with Crippen LogP contribution < -0.4 is 0 Å². The summed E-state index contributed by atoms with van der Waals surface area (Å²) in [6.07, 6.45) is -23.7. The Morgan fingerprint density at radius 3 is 1.10 bits per heavy atom. The van der Waals surface area contributed by atoms with Crippen molar-refractivity contribution in [1.29, 1.82) is 0 Å². The fraction of sp³-hybridized carbons (Fsp3) is 0.889. The van der Waals surface area contributed by atoms with Crippen LogP contribution in [0.15, 0.2) is 0 Å². The Hall–Kier alpha value is -1.62. The van der Waals surface area contributed by atoms with Gasteiger partial charge in [-0.25, -0.2) is 9.18 Å². The number of hydrogen-bond donors (Lipinski definition) is 1. The first kappa shape index (κ1) is 56.4. The van der Waals surface area contributed by atoms with Gasteiger partial charge in [0.2, 0.25) is 0 Å². The summed E-state index contributed by atoms with van der Waals surface area (Å²) >= 11 is 0.746. The average molecular weight is 1130 g/mol. The van der Waals surface area contributed by atoms with E-state index < -0.39 is 144 Å². The maximum atomic E-state index is 13.9. The molecule has 0 amide bonds. The molecule has 10 nitrogen and oxygen atoms in total. The molecule has 0 saturated heterocycles. The van der Waals surface area contributed by atoms with Gasteiger partial charge >= 0.3 is 65.8 Å². The highest BCUT2D eigenvalue weighted by molar-refractivity contribution is 14.2. The fourth-order valence-corrected chi connectivity index (χ4v) is 4.34. The summed E-state index contributed by atoms with van der Waals surface area (Å²) in [7, 11) is 0. The van der Waals surface area contributed by atoms with Crippen LogP contribution in [0.2, 0.25) is 0 Å². The van der Waals surface area contributed by atoms with Crippen LogP contribution in [0.5, 0.6) is 0 Å². The highest BCUT2D eigenvalue weighted by Gasteiger charge is 2.74. The molecule has 0 aromatic carbocycles. The molecule has 0 heterocycles. The van der Waals surface area contributed by atoms with Gasteiger partial charge in [-0.05, 0) is 66.0 Å². The molecule has 1 N–H and O–H groups in total. The zero-order valence-electron chi connectivity index (χ0n) is 28.9. The predicted octanol–water partition coefficient (Wildman–Crippen LogP) is 7.63. The Morgan fingerprint density at radius 1 is 0.500 bits per heavy atom. The van der Waals surface area contributed by atoms with Gasteiger partial charge in [0.1, 0.15) is 44.1 Å². The van der Waals surface area contributed by atoms with Gasteiger partial charge in [0.15, 0.2) is 6.10 Å². The van der Waals surface area contributed by atoms with Crippen LogP contribution in [0.25, 0.3) is 0 Å². The number of esters is 3. The van der Waals surface area contributed by atoms with Crippen LogP contribution in [0, 0.1) is 5.92 Å². The molecule has 0 radical (unpaired) electrons. The van der Waals surface area contributed by atoms with Crippen molar-refractivity contribution in [3.63, 3.8) is 0 Å². The van der Waals surface area contributed by atoms with Crippen molar-refractivity contribution in [3.05, 3.63) is 0 Å². The SMILES string of the molecule is CC(COCC(F)(F)C(F)(F)C(F)(I)I)OC(=O)CC(C(=O)OC(C)COCC(F)(F)C(F)(F)C(F)(F)F)C(O)C(=O)OC(C)COCC(F)(F)C(F)(F)C(F)(F)F. The molecule has 0 aliphatic rings. The van der Waals surface area contributed by atoms with Crippen LogP contribution in [0.3, 0.4) is 0 Å². The summed E-state index contributed by atoms with van der Waals surface area (Å²) in [4.78, 5) is 37.9. The van der Waals surface area contributed by atoms with E-state index >= 15 is 0 Å². The monoisotopic (exact) mass is 1130 g/mol. The zero-order chi connectivity index (χ0) is 46.3. The summed E-state index contributed by atoms with van der Waals surface area (Å²) in [5.74, 6) is -43.8. The second-order valence-corrected chi connectivity index (χ2v) is 17.0. The molecule has 344 valence electrons. The quantitative estimate of drug-likeness (QED) is 0.0339. The van der Waals surface area contributed by atoms with Crippen LogP contribution >= 0.6 is 45.2 Å². The topological polar surface area (TPSA) is 127 Å². The molecular weight excluding hydrogens is 1100 g/mol. The van der Waals surface area contributed by atoms with Crippen molar-refractivity contribution in [2.24, 2.45) is 5.92 Å². The van der Waals surface area contributed by atoms with Crippen LogP contribution in [-0.4, -0.2) is 137 Å². The van der Waals surface area contributed by atoms with Crippen molar-refractivity contribution in [2.45, 2.75) is 101 Å². The van der Waals surface area contributed by atoms with E-state index in [0.29, 0.717) is 59.0 Å². The number of aliphatic hydroxyl groups is 1. The Kier molecular flexibility index (Phi) is 19.9. The minimum absolute atomic E-state index is 0.373. The van der Waals surface area contributed by atoms with Crippen molar-refractivity contribution in [2.75, 3.05) is 39.6 Å². The van der Waals surface area contributed by atoms with Gasteiger partial charge in [-0.3, -0.25) is 9.59 Å². The maximum absolute atomic E-state index is 13.9. The third-order valence-corrected chi connectivity index (χ3v) is 7.99. The highest BCUT2D eigenvalue weighted by Crippen LogP contribution is 2.52. The van der Waals surface area contributed by atoms with Crippen LogP contribution in [0.1, 0.15) is 27.2 Å². The molecular formula is C27H29F19I2O10. The van der Waals surface area contributed by atoms with Gasteiger partial charge in [0.25, 0.3) is 1.68 Å². The average Bonchev–Trinajstić information content (AvgIpc) is 3.00. The number of aliphatic hydroxyl groups excluding tert-OH is 1. The zero-order valence-corrected chi connectivity index (χ0v) is 33.2. The lowest BCUT2D eigenvalue weighted by atomic mass is 9.98. The van der Waals surface area contributed by atoms with E-state index in [4.69, 9.17) is 0 Å². The molecule has 0 bridgehead atoms. The summed E-state index contributed by atoms with van der Waals surface area (Å²) in [5.41, 5.74) is 0. The normalized spacial score (nSPS) is 16.9. The minimum Gasteiger partial charge on any atom is -0.460 e. The highest BCUT2D eigenvalue weighted by atomic mass is 127. The maximum Gasteiger partial charge on any atom is 0.459 e. The molecule has 0 spiro atoms. The van der Waals surface area contributed by atoms with Gasteiger partial charge in [-0.1, -0.05) is 0 Å². The lowest BCUT2D eigenvalue weighted by Gasteiger charge is -2.31. The first-order valence-electron chi connectivity index (χ1n) is 15.1. The van der Waals surface area contributed by atoms with E-state index in [-0.39, 0.29) is 0 Å². The van der Waals surface area contributed by atoms with Crippen molar-refractivity contribution >= 4 is 63.1 Å². The Bertz CT molecular complexity index is 1360. The number of halogens is 21. The number of hydrogen-bond acceptors (Lipinski definition) is 10. The number of carbonyl (C=O) groups excluding carboxylic acids is 3. The third kappa shape index (κ3) is 15.1. The van der Waals surface area contributed by atoms with Gasteiger partial charge in [-0.2, -0.15) is 79.0 Å². The molecule has 0 fully saturated rings. The fourth-order valence-electron chi connectivity index (χ4n) is 3.55. The van der Waals surface area contributed by atoms with Gasteiger partial charge in [0.05, 0.1) is 26.2 Å². The van der Waals surface area contributed by atoms with Crippen molar-refractivity contribution in [1.82, 2.24) is 0 Å². The Morgan fingerprint density at radius 2 is 0.793 bits per heavy atom. The number of carbonyl (C=O) groups is 3. The molecule has 0 aliphatic heterocycles. The van der Waals surface area contributed by atoms with Gasteiger partial charge in [-0.15, -0.1) is 0 Å². The number of ether oxygens (including phenoxy) is 6. The number of rotatable bonds is 24. The molecule has 5 unspecified atom stereocenters. The lowest BCUT2D eigenvalue weighted by Crippen LogP contribution is -2.54. The molecule has 0 aliphatic carbocycles. The van der Waals surface area contributed by atoms with Gasteiger partial charge < -0.3 is 33.5 Å². The lowest BCUT2D eigenvalue weighted by molar-refractivity contribution is -0.362. The molecule has 0 rings (SSSR count). The smallest absolute Gasteiger partial charge is 0.459 e. The Labute approximate surface area is 340 Å². The largest absolute Gasteiger partial charge is 0.460 e. The van der Waals surface area contributed by atoms with E-state index in [1.165, 1.54) is 0 Å². The summed E-state index contributed by atoms with van der Waals surface area (Å²) < 4.78 is 271. The minimum atomic E-state index is -6.75. The first-order valence-corrected chi connectivity index (χ1v) is 17.2.